The molecular formula is C27H25ClN2. The predicted molar refractivity (Wildman–Crippen MR) is 126 cm³/mol. The molecule has 0 atom stereocenters. The van der Waals surface area contributed by atoms with E-state index in [4.69, 9.17) is 17.3 Å². The molecule has 1 heterocycles. The van der Waals surface area contributed by atoms with E-state index in [0.29, 0.717) is 0 Å². The smallest absolute Gasteiger partial charge is 0.113 e. The van der Waals surface area contributed by atoms with E-state index in [-0.39, 0.29) is 5.54 Å². The van der Waals surface area contributed by atoms with Crippen molar-refractivity contribution in [3.8, 4) is 23.0 Å². The zero-order chi connectivity index (χ0) is 20.8. The van der Waals surface area contributed by atoms with Crippen LogP contribution in [0.2, 0.25) is 5.02 Å². The molecule has 0 saturated heterocycles. The number of nitrogens with zero attached hydrogens (tertiary/aromatic N) is 1. The number of nitrogens with two attached hydrogens (primary N) is 1. The van der Waals surface area contributed by atoms with Crippen LogP contribution >= 0.6 is 11.6 Å². The topological polar surface area (TPSA) is 38.9 Å². The van der Waals surface area contributed by atoms with Crippen LogP contribution in [0.1, 0.15) is 48.9 Å². The van der Waals surface area contributed by atoms with Gasteiger partial charge in [-0.3, -0.25) is 0 Å². The lowest BCUT2D eigenvalue weighted by molar-refractivity contribution is 0.445. The molecule has 2 aromatic carbocycles. The fourth-order valence-electron chi connectivity index (χ4n) is 3.81. The van der Waals surface area contributed by atoms with E-state index in [1.165, 1.54) is 18.4 Å². The van der Waals surface area contributed by atoms with E-state index < -0.39 is 0 Å². The summed E-state index contributed by atoms with van der Waals surface area (Å²) in [6.07, 6.45) is 12.0. The number of hydrogen-bond donors (Lipinski definition) is 1. The number of rotatable bonds is 4. The van der Waals surface area contributed by atoms with Gasteiger partial charge in [0.2, 0.25) is 0 Å². The van der Waals surface area contributed by atoms with Gasteiger partial charge in [-0.15, -0.1) is 0 Å². The highest BCUT2D eigenvalue weighted by atomic mass is 35.5. The van der Waals surface area contributed by atoms with E-state index in [1.54, 1.807) is 0 Å². The molecule has 0 unspecified atom stereocenters. The average Bonchev–Trinajstić information content (AvgIpc) is 3.21. The highest BCUT2D eigenvalue weighted by Gasteiger charge is 2.27. The minimum absolute atomic E-state index is 0.0119. The van der Waals surface area contributed by atoms with Gasteiger partial charge in [0.25, 0.3) is 0 Å². The molecule has 0 bridgehead atoms. The summed E-state index contributed by atoms with van der Waals surface area (Å²) in [5, 5.41) is 0.729. The number of hydrogen-bond acceptors (Lipinski definition) is 2. The fourth-order valence-corrected chi connectivity index (χ4v) is 3.93. The van der Waals surface area contributed by atoms with Gasteiger partial charge in [-0.25, -0.2) is 4.98 Å². The molecule has 1 aliphatic carbocycles. The van der Waals surface area contributed by atoms with E-state index in [2.05, 4.69) is 41.1 Å². The van der Waals surface area contributed by atoms with E-state index in [9.17, 15) is 0 Å². The lowest BCUT2D eigenvalue weighted by Crippen LogP contribution is -2.35. The van der Waals surface area contributed by atoms with Crippen LogP contribution in [0.4, 0.5) is 0 Å². The third-order valence-corrected chi connectivity index (χ3v) is 5.87. The van der Waals surface area contributed by atoms with Crippen LogP contribution < -0.4 is 5.73 Å². The lowest BCUT2D eigenvalue weighted by atomic mass is 9.94. The summed E-state index contributed by atoms with van der Waals surface area (Å²) < 4.78 is 0. The maximum absolute atomic E-state index is 6.41. The fraction of sp³-hybridized carbons (Fsp3) is 0.222. The van der Waals surface area contributed by atoms with Crippen molar-refractivity contribution in [3.63, 3.8) is 0 Å². The van der Waals surface area contributed by atoms with Crippen LogP contribution in [0, 0.1) is 11.8 Å². The number of pyridine rings is 1. The van der Waals surface area contributed by atoms with Gasteiger partial charge >= 0.3 is 0 Å². The Morgan fingerprint density at radius 2 is 1.60 bits per heavy atom. The standard InChI is InChI=1S/C27H25ClN2/c28-25-13-10-23(11-14-25)24-12-16-26(30-20-24)15-9-22-7-5-21(6-8-22)4-3-19-27(29)17-1-2-18-27/h3-8,10-14,16,20H,1-2,17-19,29H2. The Morgan fingerprint density at radius 1 is 0.900 bits per heavy atom. The van der Waals surface area contributed by atoms with E-state index >= 15 is 0 Å². The molecule has 3 aromatic rings. The maximum Gasteiger partial charge on any atom is 0.113 e. The zero-order valence-corrected chi connectivity index (χ0v) is 17.7. The van der Waals surface area contributed by atoms with Gasteiger partial charge in [0, 0.05) is 27.9 Å². The van der Waals surface area contributed by atoms with Crippen molar-refractivity contribution in [1.29, 1.82) is 0 Å². The summed E-state index contributed by atoms with van der Waals surface area (Å²) in [6, 6.07) is 20.0. The largest absolute Gasteiger partial charge is 0.325 e. The van der Waals surface area contributed by atoms with Gasteiger partial charge in [0.1, 0.15) is 5.69 Å². The Balaban J connectivity index is 1.37. The first-order valence-corrected chi connectivity index (χ1v) is 10.8. The Morgan fingerprint density at radius 3 is 2.27 bits per heavy atom. The van der Waals surface area contributed by atoms with Crippen LogP contribution in [0.3, 0.4) is 0 Å². The second-order valence-electron chi connectivity index (χ2n) is 7.99. The number of halogens is 1. The molecule has 2 N–H and O–H groups in total. The van der Waals surface area contributed by atoms with Crippen LogP contribution in [-0.2, 0) is 0 Å². The number of aromatic nitrogens is 1. The lowest BCUT2D eigenvalue weighted by Gasteiger charge is -2.20. The third kappa shape index (κ3) is 5.39. The van der Waals surface area contributed by atoms with Crippen molar-refractivity contribution in [2.75, 3.05) is 0 Å². The molecule has 1 saturated carbocycles. The van der Waals surface area contributed by atoms with Crippen LogP contribution in [0.5, 0.6) is 0 Å². The van der Waals surface area contributed by atoms with Crippen molar-refractivity contribution in [2.45, 2.75) is 37.6 Å². The first-order valence-electron chi connectivity index (χ1n) is 10.4. The second kappa shape index (κ2) is 9.30. The summed E-state index contributed by atoms with van der Waals surface area (Å²) in [5.74, 6) is 6.32. The summed E-state index contributed by atoms with van der Waals surface area (Å²) in [4.78, 5) is 4.47. The van der Waals surface area contributed by atoms with E-state index in [1.807, 2.05) is 54.7 Å². The van der Waals surface area contributed by atoms with Crippen molar-refractivity contribution < 1.29 is 0 Å². The van der Waals surface area contributed by atoms with Gasteiger partial charge in [-0.1, -0.05) is 72.8 Å². The number of benzene rings is 2. The molecule has 2 nitrogen and oxygen atoms in total. The Bertz CT molecular complexity index is 1060. The van der Waals surface area contributed by atoms with Gasteiger partial charge in [0.15, 0.2) is 0 Å². The van der Waals surface area contributed by atoms with Gasteiger partial charge in [0.05, 0.1) is 0 Å². The van der Waals surface area contributed by atoms with Crippen molar-refractivity contribution in [3.05, 3.63) is 94.8 Å². The molecule has 3 heteroatoms. The third-order valence-electron chi connectivity index (χ3n) is 5.62. The summed E-state index contributed by atoms with van der Waals surface area (Å²) in [6.45, 7) is 0. The first-order chi connectivity index (χ1) is 14.6. The molecule has 0 spiro atoms. The molecule has 4 rings (SSSR count). The molecule has 0 radical (unpaired) electrons. The quantitative estimate of drug-likeness (QED) is 0.498. The van der Waals surface area contributed by atoms with Crippen LogP contribution in [0.15, 0.2) is 72.9 Å². The maximum atomic E-state index is 6.41. The summed E-state index contributed by atoms with van der Waals surface area (Å²) in [5.41, 5.74) is 11.5. The molecule has 1 aliphatic rings. The van der Waals surface area contributed by atoms with Gasteiger partial charge in [-0.2, -0.15) is 0 Å². The molecule has 1 aromatic heterocycles. The minimum atomic E-state index is 0.0119. The summed E-state index contributed by atoms with van der Waals surface area (Å²) >= 11 is 5.95. The Kier molecular flexibility index (Phi) is 6.33. The zero-order valence-electron chi connectivity index (χ0n) is 16.9. The monoisotopic (exact) mass is 412 g/mol. The molecule has 1 fully saturated rings. The van der Waals surface area contributed by atoms with Gasteiger partial charge < -0.3 is 5.73 Å². The summed E-state index contributed by atoms with van der Waals surface area (Å²) in [7, 11) is 0. The van der Waals surface area contributed by atoms with E-state index in [0.717, 1.165) is 46.7 Å². The SMILES string of the molecule is NC1(CC=Cc2ccc(C#Cc3ccc(-c4ccc(Cl)cc4)cn3)cc2)CCCC1. The minimum Gasteiger partial charge on any atom is -0.325 e. The van der Waals surface area contributed by atoms with Gasteiger partial charge in [-0.05, 0) is 66.6 Å². The highest BCUT2D eigenvalue weighted by molar-refractivity contribution is 6.30. The normalized spacial score (nSPS) is 15.1. The Hall–Kier alpha value is -2.86. The van der Waals surface area contributed by atoms with Crippen LogP contribution in [-0.4, -0.2) is 10.5 Å². The molecule has 150 valence electrons. The van der Waals surface area contributed by atoms with Crippen molar-refractivity contribution in [2.24, 2.45) is 5.73 Å². The van der Waals surface area contributed by atoms with Crippen LogP contribution in [0.25, 0.3) is 17.2 Å². The first kappa shape index (κ1) is 20.4. The molecule has 0 aliphatic heterocycles. The highest BCUT2D eigenvalue weighted by Crippen LogP contribution is 2.30. The predicted octanol–water partition coefficient (Wildman–Crippen LogP) is 6.48. The Labute approximate surface area is 183 Å². The molecule has 30 heavy (non-hydrogen) atoms. The second-order valence-corrected chi connectivity index (χ2v) is 8.42. The molecular weight excluding hydrogens is 388 g/mol. The van der Waals surface area contributed by atoms with Crippen molar-refractivity contribution >= 4 is 17.7 Å². The molecule has 0 amide bonds. The van der Waals surface area contributed by atoms with Crippen molar-refractivity contribution in [1.82, 2.24) is 4.98 Å². The average molecular weight is 413 g/mol.